The Hall–Kier alpha value is -0.570. The van der Waals surface area contributed by atoms with Gasteiger partial charge < -0.3 is 0 Å². The molecule has 1 aromatic heterocycles. The monoisotopic (exact) mass is 305 g/mol. The van der Waals surface area contributed by atoms with Crippen LogP contribution < -0.4 is 0 Å². The molecule has 0 fully saturated rings. The zero-order valence-corrected chi connectivity index (χ0v) is 12.4. The summed E-state index contributed by atoms with van der Waals surface area (Å²) in [6.07, 6.45) is 0. The van der Waals surface area contributed by atoms with E-state index in [2.05, 4.69) is 4.98 Å². The maximum absolute atomic E-state index is 13.7. The number of aromatic nitrogens is 1. The van der Waals surface area contributed by atoms with Crippen LogP contribution >= 0.6 is 34.8 Å². The molecule has 0 atom stereocenters. The van der Waals surface area contributed by atoms with Crippen molar-refractivity contribution in [2.24, 2.45) is 0 Å². The van der Waals surface area contributed by atoms with Crippen molar-refractivity contribution in [3.05, 3.63) is 38.7 Å². The first kappa shape index (κ1) is 13.9. The standard InChI is InChI=1S/C13H11Cl3FN/c1-13(2,3)7-4-6-9(18-12(7)16)5-8(14)11(17)10(6)15/h4-5H,1-3H3. The number of fused-ring (bicyclic) bond motifs is 1. The summed E-state index contributed by atoms with van der Waals surface area (Å²) in [4.78, 5) is 4.23. The Morgan fingerprint density at radius 1 is 1.11 bits per heavy atom. The maximum Gasteiger partial charge on any atom is 0.161 e. The number of nitrogens with zero attached hydrogens (tertiary/aromatic N) is 1. The Balaban J connectivity index is 2.86. The summed E-state index contributed by atoms with van der Waals surface area (Å²) in [5, 5.41) is 0.827. The summed E-state index contributed by atoms with van der Waals surface area (Å²) in [5.74, 6) is -0.630. The van der Waals surface area contributed by atoms with Crippen molar-refractivity contribution in [3.8, 4) is 0 Å². The zero-order valence-electron chi connectivity index (χ0n) is 10.1. The van der Waals surface area contributed by atoms with E-state index in [-0.39, 0.29) is 15.5 Å². The van der Waals surface area contributed by atoms with Crippen LogP contribution in [-0.2, 0) is 5.41 Å². The number of pyridine rings is 1. The third-order valence-corrected chi connectivity index (χ3v) is 3.65. The summed E-state index contributed by atoms with van der Waals surface area (Å²) in [7, 11) is 0. The lowest BCUT2D eigenvalue weighted by molar-refractivity contribution is 0.588. The summed E-state index contributed by atoms with van der Waals surface area (Å²) in [5.41, 5.74) is 1.11. The molecule has 1 nitrogen and oxygen atoms in total. The van der Waals surface area contributed by atoms with Crippen LogP contribution in [0.25, 0.3) is 10.9 Å². The largest absolute Gasteiger partial charge is 0.236 e. The van der Waals surface area contributed by atoms with E-state index in [1.54, 1.807) is 6.07 Å². The normalized spacial score (nSPS) is 12.2. The topological polar surface area (TPSA) is 12.9 Å². The summed E-state index contributed by atoms with van der Waals surface area (Å²) < 4.78 is 13.7. The van der Waals surface area contributed by atoms with Crippen molar-refractivity contribution in [1.29, 1.82) is 0 Å². The number of hydrogen-bond donors (Lipinski definition) is 0. The van der Waals surface area contributed by atoms with Gasteiger partial charge in [-0.2, -0.15) is 0 Å². The smallest absolute Gasteiger partial charge is 0.161 e. The minimum Gasteiger partial charge on any atom is -0.236 e. The van der Waals surface area contributed by atoms with Crippen molar-refractivity contribution in [1.82, 2.24) is 4.98 Å². The fourth-order valence-corrected chi connectivity index (χ4v) is 2.65. The average molecular weight is 307 g/mol. The van der Waals surface area contributed by atoms with E-state index in [0.29, 0.717) is 16.1 Å². The van der Waals surface area contributed by atoms with Crippen LogP contribution in [0.4, 0.5) is 4.39 Å². The number of benzene rings is 1. The first-order valence-electron chi connectivity index (χ1n) is 5.36. The van der Waals surface area contributed by atoms with E-state index in [9.17, 15) is 4.39 Å². The maximum atomic E-state index is 13.7. The molecule has 5 heteroatoms. The first-order chi connectivity index (χ1) is 8.21. The molecule has 2 aromatic rings. The van der Waals surface area contributed by atoms with E-state index in [1.165, 1.54) is 6.07 Å². The molecule has 96 valence electrons. The van der Waals surface area contributed by atoms with E-state index >= 15 is 0 Å². The molecule has 1 heterocycles. The Morgan fingerprint density at radius 2 is 1.72 bits per heavy atom. The fourth-order valence-electron chi connectivity index (χ4n) is 1.72. The average Bonchev–Trinajstić information content (AvgIpc) is 2.24. The highest BCUT2D eigenvalue weighted by molar-refractivity contribution is 6.39. The van der Waals surface area contributed by atoms with E-state index in [1.807, 2.05) is 20.8 Å². The fraction of sp³-hybridized carbons (Fsp3) is 0.308. The predicted molar refractivity (Wildman–Crippen MR) is 75.4 cm³/mol. The molecule has 2 rings (SSSR count). The molecule has 0 aliphatic heterocycles. The Morgan fingerprint density at radius 3 is 2.28 bits per heavy atom. The van der Waals surface area contributed by atoms with Crippen LogP contribution in [0.2, 0.25) is 15.2 Å². The van der Waals surface area contributed by atoms with Crippen molar-refractivity contribution in [2.75, 3.05) is 0 Å². The van der Waals surface area contributed by atoms with Gasteiger partial charge >= 0.3 is 0 Å². The summed E-state index contributed by atoms with van der Waals surface area (Å²) >= 11 is 17.8. The van der Waals surface area contributed by atoms with Gasteiger partial charge in [0.15, 0.2) is 5.82 Å². The second-order valence-electron chi connectivity index (χ2n) is 5.13. The lowest BCUT2D eigenvalue weighted by atomic mass is 9.87. The predicted octanol–water partition coefficient (Wildman–Crippen LogP) is 5.63. The zero-order chi connectivity index (χ0) is 13.7. The lowest BCUT2D eigenvalue weighted by Gasteiger charge is -2.20. The third-order valence-electron chi connectivity index (χ3n) is 2.72. The highest BCUT2D eigenvalue weighted by Gasteiger charge is 2.21. The molecule has 0 spiro atoms. The molecule has 1 aromatic carbocycles. The molecule has 0 amide bonds. The Labute approximate surface area is 120 Å². The van der Waals surface area contributed by atoms with Crippen LogP contribution in [0.1, 0.15) is 26.3 Å². The second kappa shape index (κ2) is 4.52. The van der Waals surface area contributed by atoms with Crippen LogP contribution in [0.15, 0.2) is 12.1 Å². The number of hydrogen-bond acceptors (Lipinski definition) is 1. The molecule has 0 saturated carbocycles. The van der Waals surface area contributed by atoms with Gasteiger partial charge in [0, 0.05) is 5.39 Å². The second-order valence-corrected chi connectivity index (χ2v) is 6.27. The molecular weight excluding hydrogens is 296 g/mol. The molecule has 0 radical (unpaired) electrons. The van der Waals surface area contributed by atoms with Gasteiger partial charge in [0.25, 0.3) is 0 Å². The molecule has 0 N–H and O–H groups in total. The van der Waals surface area contributed by atoms with Crippen molar-refractivity contribution < 1.29 is 4.39 Å². The molecule has 0 saturated heterocycles. The van der Waals surface area contributed by atoms with Crippen molar-refractivity contribution in [3.63, 3.8) is 0 Å². The molecule has 0 aliphatic carbocycles. The minimum absolute atomic E-state index is 0.0211. The van der Waals surface area contributed by atoms with Crippen LogP contribution in [0.3, 0.4) is 0 Å². The SMILES string of the molecule is CC(C)(C)c1cc2c(Cl)c(F)c(Cl)cc2nc1Cl. The Bertz CT molecular complexity index is 632. The van der Waals surface area contributed by atoms with E-state index in [4.69, 9.17) is 34.8 Å². The van der Waals surface area contributed by atoms with Crippen molar-refractivity contribution >= 4 is 45.7 Å². The number of rotatable bonds is 0. The summed E-state index contributed by atoms with van der Waals surface area (Å²) in [6.45, 7) is 6.01. The first-order valence-corrected chi connectivity index (χ1v) is 6.49. The van der Waals surface area contributed by atoms with E-state index in [0.717, 1.165) is 5.56 Å². The quantitative estimate of drug-likeness (QED) is 0.454. The van der Waals surface area contributed by atoms with Gasteiger partial charge in [-0.1, -0.05) is 55.6 Å². The molecule has 18 heavy (non-hydrogen) atoms. The molecule has 0 unspecified atom stereocenters. The Kier molecular flexibility index (Phi) is 3.48. The van der Waals surface area contributed by atoms with Crippen molar-refractivity contribution in [2.45, 2.75) is 26.2 Å². The third kappa shape index (κ3) is 2.29. The van der Waals surface area contributed by atoms with Gasteiger partial charge in [-0.25, -0.2) is 9.37 Å². The van der Waals surface area contributed by atoms with Gasteiger partial charge in [-0.3, -0.25) is 0 Å². The molecule has 0 aliphatic rings. The highest BCUT2D eigenvalue weighted by atomic mass is 35.5. The van der Waals surface area contributed by atoms with E-state index < -0.39 is 5.82 Å². The lowest BCUT2D eigenvalue weighted by Crippen LogP contribution is -2.12. The van der Waals surface area contributed by atoms with Gasteiger partial charge in [0.05, 0.1) is 15.6 Å². The minimum atomic E-state index is -0.630. The van der Waals surface area contributed by atoms with Gasteiger partial charge in [0.1, 0.15) is 5.15 Å². The van der Waals surface area contributed by atoms with Crippen LogP contribution in [0, 0.1) is 5.82 Å². The van der Waals surface area contributed by atoms with Gasteiger partial charge in [-0.15, -0.1) is 0 Å². The molecular formula is C13H11Cl3FN. The highest BCUT2D eigenvalue weighted by Crippen LogP contribution is 2.36. The van der Waals surface area contributed by atoms with Crippen LogP contribution in [0.5, 0.6) is 0 Å². The van der Waals surface area contributed by atoms with Gasteiger partial charge in [0.2, 0.25) is 0 Å². The molecule has 0 bridgehead atoms. The van der Waals surface area contributed by atoms with Crippen LogP contribution in [-0.4, -0.2) is 4.98 Å². The number of halogens is 4. The summed E-state index contributed by atoms with van der Waals surface area (Å²) in [6, 6.07) is 3.20. The van der Waals surface area contributed by atoms with Gasteiger partial charge in [-0.05, 0) is 23.1 Å².